The topological polar surface area (TPSA) is 248 Å². The van der Waals surface area contributed by atoms with Crippen LogP contribution in [0.5, 0.6) is 0 Å². The molecule has 266 valence electrons. The number of aliphatic hydroxyl groups is 1. The molecule has 0 spiro atoms. The Bertz CT molecular complexity index is 913. The van der Waals surface area contributed by atoms with Crippen molar-refractivity contribution < 1.29 is 62.2 Å². The summed E-state index contributed by atoms with van der Waals surface area (Å²) in [6, 6.07) is -0.887. The molecule has 1 fully saturated rings. The molecule has 1 aliphatic rings. The zero-order valence-corrected chi connectivity index (χ0v) is 26.8. The van der Waals surface area contributed by atoms with E-state index in [1.165, 1.54) is 11.9 Å². The molecule has 1 rings (SSSR count). The van der Waals surface area contributed by atoms with Gasteiger partial charge in [0.05, 0.1) is 72.6 Å². The second kappa shape index (κ2) is 25.0. The van der Waals surface area contributed by atoms with E-state index in [0.29, 0.717) is 33.0 Å². The summed E-state index contributed by atoms with van der Waals surface area (Å²) < 4.78 is 36.5. The number of hydrogen-bond acceptors (Lipinski definition) is 14. The van der Waals surface area contributed by atoms with Gasteiger partial charge in [0.15, 0.2) is 6.10 Å². The van der Waals surface area contributed by atoms with Gasteiger partial charge in [-0.25, -0.2) is 10.6 Å². The van der Waals surface area contributed by atoms with Crippen molar-refractivity contribution in [3.63, 3.8) is 0 Å². The highest BCUT2D eigenvalue weighted by Crippen LogP contribution is 2.10. The van der Waals surface area contributed by atoms with Crippen LogP contribution < -0.4 is 27.2 Å². The summed E-state index contributed by atoms with van der Waals surface area (Å²) in [5.41, 5.74) is 1.95. The van der Waals surface area contributed by atoms with Crippen LogP contribution in [0.15, 0.2) is 0 Å². The van der Waals surface area contributed by atoms with E-state index >= 15 is 0 Å². The molecule has 3 atom stereocenters. The number of nitrogens with one attached hydrogen (secondary N) is 4. The van der Waals surface area contributed by atoms with E-state index in [1.807, 2.05) is 5.43 Å². The van der Waals surface area contributed by atoms with E-state index in [1.54, 1.807) is 13.8 Å². The molecule has 2 unspecified atom stereocenters. The van der Waals surface area contributed by atoms with E-state index in [-0.39, 0.29) is 71.8 Å². The molecule has 1 heterocycles. The summed E-state index contributed by atoms with van der Waals surface area (Å²) in [5, 5.41) is 17.3. The molecule has 0 bridgehead atoms. The maximum absolute atomic E-state index is 12.6. The molecule has 0 aromatic rings. The zero-order chi connectivity index (χ0) is 34.2. The lowest BCUT2D eigenvalue weighted by molar-refractivity contribution is -0.133. The molecule has 1 saturated heterocycles. The van der Waals surface area contributed by atoms with Gasteiger partial charge in [-0.2, -0.15) is 0 Å². The van der Waals surface area contributed by atoms with Crippen LogP contribution in [0.1, 0.15) is 13.8 Å². The van der Waals surface area contributed by atoms with Crippen LogP contribution in [0.25, 0.3) is 0 Å². The normalized spacial score (nSPS) is 16.5. The first kappa shape index (κ1) is 40.9. The first-order chi connectivity index (χ1) is 22.0. The van der Waals surface area contributed by atoms with Gasteiger partial charge in [-0.1, -0.05) is 13.8 Å². The van der Waals surface area contributed by atoms with Gasteiger partial charge in [0.25, 0.3) is 5.91 Å². The average Bonchev–Trinajstić information content (AvgIpc) is 3.43. The number of amides is 5. The number of ether oxygens (including phenoxy) is 7. The molecule has 0 saturated carbocycles. The number of likely N-dealkylation sites (N-methyl/N-ethyl adjacent to an activating group) is 1. The standard InChI is InChI=1S/C27H50N6O13/c1-19(2)25(26(38)30-14-22(35)29-4-5-33(3)27(39)46-21-16-45-15-20(21)34)31-23(36)17-43-12-10-41-8-6-40-7-9-42-11-13-44-18-24(37)32-28/h19-21,25,34H,4-18,28H2,1-3H3,(H,29,35)(H,30,38)(H,31,36)(H,32,37)/t20?,21-,25?/m0/s1. The van der Waals surface area contributed by atoms with Gasteiger partial charge < -0.3 is 59.1 Å². The Balaban J connectivity index is 2.08. The van der Waals surface area contributed by atoms with Crippen LogP contribution >= 0.6 is 0 Å². The van der Waals surface area contributed by atoms with E-state index < -0.39 is 48.0 Å². The smallest absolute Gasteiger partial charge is 0.410 e. The van der Waals surface area contributed by atoms with Gasteiger partial charge >= 0.3 is 6.09 Å². The van der Waals surface area contributed by atoms with E-state index in [0.717, 1.165) is 0 Å². The quantitative estimate of drug-likeness (QED) is 0.0237. The fraction of sp³-hybridized carbons (Fsp3) is 0.815. The highest BCUT2D eigenvalue weighted by Gasteiger charge is 2.30. The maximum Gasteiger partial charge on any atom is 0.410 e. The molecule has 0 aromatic heterocycles. The fourth-order valence-corrected chi connectivity index (χ4v) is 3.55. The van der Waals surface area contributed by atoms with E-state index in [9.17, 15) is 29.1 Å². The lowest BCUT2D eigenvalue weighted by Gasteiger charge is -2.22. The van der Waals surface area contributed by atoms with Crippen molar-refractivity contribution in [2.75, 3.05) is 106 Å². The fourth-order valence-electron chi connectivity index (χ4n) is 3.55. The predicted molar refractivity (Wildman–Crippen MR) is 159 cm³/mol. The predicted octanol–water partition coefficient (Wildman–Crippen LogP) is -3.74. The van der Waals surface area contributed by atoms with Gasteiger partial charge in [-0.05, 0) is 5.92 Å². The molecule has 19 nitrogen and oxygen atoms in total. The van der Waals surface area contributed by atoms with Crippen LogP contribution in [0.3, 0.4) is 0 Å². The minimum absolute atomic E-state index is 0.102. The van der Waals surface area contributed by atoms with Crippen molar-refractivity contribution in [1.29, 1.82) is 0 Å². The Morgan fingerprint density at radius 1 is 0.826 bits per heavy atom. The monoisotopic (exact) mass is 666 g/mol. The molecule has 7 N–H and O–H groups in total. The Morgan fingerprint density at radius 3 is 1.87 bits per heavy atom. The molecule has 5 amide bonds. The molecular weight excluding hydrogens is 616 g/mol. The van der Waals surface area contributed by atoms with Crippen molar-refractivity contribution in [1.82, 2.24) is 26.3 Å². The van der Waals surface area contributed by atoms with Gasteiger partial charge in [0.2, 0.25) is 17.7 Å². The van der Waals surface area contributed by atoms with Gasteiger partial charge in [-0.3, -0.25) is 24.6 Å². The molecule has 46 heavy (non-hydrogen) atoms. The van der Waals surface area contributed by atoms with Gasteiger partial charge in [0.1, 0.15) is 25.4 Å². The Morgan fingerprint density at radius 2 is 1.37 bits per heavy atom. The summed E-state index contributed by atoms with van der Waals surface area (Å²) in [4.78, 5) is 61.2. The number of rotatable bonds is 25. The first-order valence-electron chi connectivity index (χ1n) is 14.9. The summed E-state index contributed by atoms with van der Waals surface area (Å²) in [6.07, 6.45) is -2.27. The van der Waals surface area contributed by atoms with Crippen molar-refractivity contribution in [2.24, 2.45) is 11.8 Å². The first-order valence-corrected chi connectivity index (χ1v) is 14.9. The highest BCUT2D eigenvalue weighted by molar-refractivity contribution is 5.91. The number of nitrogens with two attached hydrogens (primary N) is 1. The molecule has 0 aliphatic carbocycles. The molecular formula is C27H50N6O13. The molecule has 1 aliphatic heterocycles. The third-order valence-electron chi connectivity index (χ3n) is 6.14. The van der Waals surface area contributed by atoms with Crippen molar-refractivity contribution in [3.05, 3.63) is 0 Å². The minimum Gasteiger partial charge on any atom is -0.441 e. The second-order valence-corrected chi connectivity index (χ2v) is 10.3. The number of carbonyl (C=O) groups excluding carboxylic acids is 5. The third kappa shape index (κ3) is 19.4. The number of aliphatic hydroxyl groups excluding tert-OH is 1. The van der Waals surface area contributed by atoms with Crippen molar-refractivity contribution in [3.8, 4) is 0 Å². The summed E-state index contributed by atoms with van der Waals surface area (Å²) in [5.74, 6) is 2.73. The number of carbonyl (C=O) groups is 5. The van der Waals surface area contributed by atoms with Crippen LogP contribution in [0.2, 0.25) is 0 Å². The molecule has 0 aromatic carbocycles. The van der Waals surface area contributed by atoms with Crippen LogP contribution in [0.4, 0.5) is 4.79 Å². The largest absolute Gasteiger partial charge is 0.441 e. The average molecular weight is 667 g/mol. The van der Waals surface area contributed by atoms with Crippen LogP contribution in [-0.4, -0.2) is 164 Å². The minimum atomic E-state index is -0.887. The van der Waals surface area contributed by atoms with Gasteiger partial charge in [-0.15, -0.1) is 0 Å². The Labute approximate surface area is 268 Å². The lowest BCUT2D eigenvalue weighted by Crippen LogP contribution is -2.52. The van der Waals surface area contributed by atoms with Crippen molar-refractivity contribution in [2.45, 2.75) is 32.1 Å². The number of hydrogen-bond donors (Lipinski definition) is 6. The van der Waals surface area contributed by atoms with E-state index in [4.69, 9.17) is 39.0 Å². The zero-order valence-electron chi connectivity index (χ0n) is 26.8. The summed E-state index contributed by atoms with van der Waals surface area (Å²) >= 11 is 0. The Kier molecular flexibility index (Phi) is 22.2. The summed E-state index contributed by atoms with van der Waals surface area (Å²) in [6.45, 7) is 5.56. The highest BCUT2D eigenvalue weighted by atomic mass is 16.6. The van der Waals surface area contributed by atoms with Crippen LogP contribution in [0, 0.1) is 5.92 Å². The third-order valence-corrected chi connectivity index (χ3v) is 6.14. The van der Waals surface area contributed by atoms with Gasteiger partial charge in [0, 0.05) is 20.1 Å². The SMILES string of the molecule is CC(C)C(NC(=O)COCCOCCOCCOCCOCC(=O)NN)C(=O)NCC(=O)NCCN(C)C(=O)O[C@H]1COCC1O. The van der Waals surface area contributed by atoms with Crippen LogP contribution in [-0.2, 0) is 52.3 Å². The molecule has 19 heteroatoms. The van der Waals surface area contributed by atoms with E-state index in [2.05, 4.69) is 16.0 Å². The Hall–Kier alpha value is -3.17. The number of hydrazine groups is 1. The van der Waals surface area contributed by atoms with Crippen molar-refractivity contribution >= 4 is 29.7 Å². The lowest BCUT2D eigenvalue weighted by atomic mass is 10.0. The summed E-state index contributed by atoms with van der Waals surface area (Å²) in [7, 11) is 1.48. The number of nitrogens with zero attached hydrogens (tertiary/aromatic N) is 1. The molecule has 0 radical (unpaired) electrons. The maximum atomic E-state index is 12.6. The second-order valence-electron chi connectivity index (χ2n) is 10.3.